The number of hydrogen-bond donors (Lipinski definition) is 3. The molecule has 6 atom stereocenters. The van der Waals surface area contributed by atoms with Crippen LogP contribution in [0.5, 0.6) is 0 Å². The smallest absolute Gasteiger partial charge is 0.303 e. The Morgan fingerprint density at radius 2 is 2.00 bits per heavy atom. The number of rotatable bonds is 10. The minimum absolute atomic E-state index is 0.165. The molecule has 30 heavy (non-hydrogen) atoms. The largest absolute Gasteiger partial charge is 0.481 e. The van der Waals surface area contributed by atoms with Gasteiger partial charge >= 0.3 is 5.97 Å². The number of carbonyl (C=O) groups is 1. The van der Waals surface area contributed by atoms with Gasteiger partial charge in [0.05, 0.1) is 17.8 Å². The van der Waals surface area contributed by atoms with E-state index in [1.54, 1.807) is 7.11 Å². The maximum Gasteiger partial charge on any atom is 0.303 e. The predicted octanol–water partition coefficient (Wildman–Crippen LogP) is 4.70. The first kappa shape index (κ1) is 23.7. The molecule has 0 aromatic carbocycles. The summed E-state index contributed by atoms with van der Waals surface area (Å²) < 4.78 is 6.14. The normalized spacial score (nSPS) is 36.9. The SMILES string of the molecule is CCC1C(=CCCCC(=O)O)[C@]2(OC)CC[C@H](O)[C@@H](CCC(O)C3CCCCC3)[C@H]12. The van der Waals surface area contributed by atoms with E-state index in [1.807, 2.05) is 0 Å². The van der Waals surface area contributed by atoms with Crippen LogP contribution >= 0.6 is 0 Å². The number of carboxylic acid groups (broad SMARTS) is 1. The molecule has 0 aliphatic heterocycles. The molecule has 5 heteroatoms. The van der Waals surface area contributed by atoms with Crippen LogP contribution < -0.4 is 0 Å². The molecule has 3 N–H and O–H groups in total. The van der Waals surface area contributed by atoms with Crippen molar-refractivity contribution in [3.05, 3.63) is 11.6 Å². The van der Waals surface area contributed by atoms with Crippen LogP contribution in [0.15, 0.2) is 11.6 Å². The van der Waals surface area contributed by atoms with E-state index in [2.05, 4.69) is 13.0 Å². The Bertz CT molecular complexity index is 596. The van der Waals surface area contributed by atoms with Gasteiger partial charge in [-0.05, 0) is 81.1 Å². The molecular weight excluding hydrogens is 380 g/mol. The summed E-state index contributed by atoms with van der Waals surface area (Å²) in [5.41, 5.74) is 1.02. The molecule has 0 aromatic rings. The van der Waals surface area contributed by atoms with Crippen molar-refractivity contribution in [2.24, 2.45) is 23.7 Å². The zero-order valence-corrected chi connectivity index (χ0v) is 18.9. The fraction of sp³-hybridized carbons (Fsp3) is 0.880. The molecule has 3 rings (SSSR count). The number of methoxy groups -OCH3 is 1. The van der Waals surface area contributed by atoms with Crippen molar-refractivity contribution in [3.8, 4) is 0 Å². The zero-order valence-electron chi connectivity index (χ0n) is 18.9. The van der Waals surface area contributed by atoms with E-state index in [4.69, 9.17) is 9.84 Å². The topological polar surface area (TPSA) is 87.0 Å². The highest BCUT2D eigenvalue weighted by Gasteiger charge is 2.63. The lowest BCUT2D eigenvalue weighted by molar-refractivity contribution is -0.182. The summed E-state index contributed by atoms with van der Waals surface area (Å²) in [4.78, 5) is 10.8. The summed E-state index contributed by atoms with van der Waals surface area (Å²) in [6.45, 7) is 2.20. The van der Waals surface area contributed by atoms with E-state index in [-0.39, 0.29) is 30.1 Å². The molecule has 0 heterocycles. The molecule has 0 radical (unpaired) electrons. The minimum atomic E-state index is -0.745. The van der Waals surface area contributed by atoms with E-state index >= 15 is 0 Å². The third-order valence-electron chi connectivity index (χ3n) is 8.38. The second-order valence-corrected chi connectivity index (χ2v) is 9.89. The molecule has 3 aliphatic carbocycles. The van der Waals surface area contributed by atoms with Crippen LogP contribution in [0.2, 0.25) is 0 Å². The van der Waals surface area contributed by atoms with Gasteiger partial charge in [0.25, 0.3) is 0 Å². The summed E-state index contributed by atoms with van der Waals surface area (Å²) in [7, 11) is 1.79. The molecule has 0 saturated heterocycles. The number of allylic oxidation sites excluding steroid dienone is 1. The monoisotopic (exact) mass is 422 g/mol. The van der Waals surface area contributed by atoms with Crippen LogP contribution in [0.25, 0.3) is 0 Å². The van der Waals surface area contributed by atoms with Crippen molar-refractivity contribution >= 4 is 5.97 Å². The maximum atomic E-state index is 10.9. The molecule has 172 valence electrons. The van der Waals surface area contributed by atoms with Crippen LogP contribution in [-0.4, -0.2) is 46.2 Å². The van der Waals surface area contributed by atoms with E-state index in [1.165, 1.54) is 24.8 Å². The molecule has 0 aromatic heterocycles. The van der Waals surface area contributed by atoms with Crippen LogP contribution in [0, 0.1) is 23.7 Å². The third-order valence-corrected chi connectivity index (χ3v) is 8.38. The number of carboxylic acids is 1. The van der Waals surface area contributed by atoms with Crippen LogP contribution in [0.4, 0.5) is 0 Å². The van der Waals surface area contributed by atoms with Gasteiger partial charge in [0.2, 0.25) is 0 Å². The number of unbranched alkanes of at least 4 members (excludes halogenated alkanes) is 1. The van der Waals surface area contributed by atoms with Crippen molar-refractivity contribution in [2.45, 2.75) is 108 Å². The molecule has 0 amide bonds. The molecule has 3 saturated carbocycles. The second-order valence-electron chi connectivity index (χ2n) is 9.89. The number of aliphatic hydroxyl groups excluding tert-OH is 2. The lowest BCUT2D eigenvalue weighted by Crippen LogP contribution is -2.65. The van der Waals surface area contributed by atoms with Crippen molar-refractivity contribution in [3.63, 3.8) is 0 Å². The van der Waals surface area contributed by atoms with Gasteiger partial charge in [-0.3, -0.25) is 4.79 Å². The highest BCUT2D eigenvalue weighted by Crippen LogP contribution is 2.62. The fourth-order valence-electron chi connectivity index (χ4n) is 6.85. The highest BCUT2D eigenvalue weighted by molar-refractivity contribution is 5.66. The van der Waals surface area contributed by atoms with Gasteiger partial charge in [-0.2, -0.15) is 0 Å². The van der Waals surface area contributed by atoms with Crippen LogP contribution in [0.3, 0.4) is 0 Å². The Balaban J connectivity index is 1.67. The maximum absolute atomic E-state index is 10.9. The average Bonchev–Trinajstić information content (AvgIpc) is 2.74. The number of aliphatic hydroxyl groups is 2. The molecule has 3 fully saturated rings. The predicted molar refractivity (Wildman–Crippen MR) is 117 cm³/mol. The first-order valence-corrected chi connectivity index (χ1v) is 12.3. The Hall–Kier alpha value is -0.910. The van der Waals surface area contributed by atoms with Gasteiger partial charge in [-0.25, -0.2) is 0 Å². The summed E-state index contributed by atoms with van der Waals surface area (Å²) in [5.74, 6) is 0.533. The van der Waals surface area contributed by atoms with Gasteiger partial charge in [0.15, 0.2) is 0 Å². The van der Waals surface area contributed by atoms with Gasteiger partial charge in [0, 0.05) is 19.4 Å². The number of fused-ring (bicyclic) bond motifs is 1. The summed E-state index contributed by atoms with van der Waals surface area (Å²) >= 11 is 0. The average molecular weight is 423 g/mol. The molecule has 3 aliphatic rings. The lowest BCUT2D eigenvalue weighted by Gasteiger charge is -2.63. The minimum Gasteiger partial charge on any atom is -0.481 e. The van der Waals surface area contributed by atoms with Gasteiger partial charge < -0.3 is 20.1 Å². The summed E-state index contributed by atoms with van der Waals surface area (Å²) in [5, 5.41) is 30.6. The van der Waals surface area contributed by atoms with E-state index in [0.29, 0.717) is 24.2 Å². The molecule has 0 bridgehead atoms. The van der Waals surface area contributed by atoms with Gasteiger partial charge in [0.1, 0.15) is 0 Å². The van der Waals surface area contributed by atoms with E-state index in [0.717, 1.165) is 51.4 Å². The molecule has 0 spiro atoms. The molecule has 2 unspecified atom stereocenters. The third kappa shape index (κ3) is 4.78. The fourth-order valence-corrected chi connectivity index (χ4v) is 6.85. The summed E-state index contributed by atoms with van der Waals surface area (Å²) in [6.07, 6.45) is 13.5. The second kappa shape index (κ2) is 10.6. The Morgan fingerprint density at radius 1 is 1.27 bits per heavy atom. The molecule has 5 nitrogen and oxygen atoms in total. The quantitative estimate of drug-likeness (QED) is 0.351. The van der Waals surface area contributed by atoms with Crippen LogP contribution in [0.1, 0.15) is 90.4 Å². The number of aliphatic carboxylic acids is 1. The standard InChI is InChI=1S/C25H42O5/c1-3-18-20(11-7-8-12-23(28)29)25(30-2)16-15-22(27)19(24(18)25)13-14-21(26)17-9-5-4-6-10-17/h11,17-19,21-22,24,26-27H,3-10,12-16H2,1-2H3,(H,28,29)/t18?,19-,21?,22+,24+,25-/m1/s1. The van der Waals surface area contributed by atoms with Crippen molar-refractivity contribution < 1.29 is 24.9 Å². The molecular formula is C25H42O5. The van der Waals surface area contributed by atoms with Crippen LogP contribution in [-0.2, 0) is 9.53 Å². The van der Waals surface area contributed by atoms with E-state index < -0.39 is 5.97 Å². The number of ether oxygens (including phenoxy) is 1. The van der Waals surface area contributed by atoms with E-state index in [9.17, 15) is 15.0 Å². The van der Waals surface area contributed by atoms with Crippen molar-refractivity contribution in [1.29, 1.82) is 0 Å². The zero-order chi connectivity index (χ0) is 21.7. The Labute approximate surface area is 181 Å². The first-order chi connectivity index (χ1) is 14.4. The van der Waals surface area contributed by atoms with Gasteiger partial charge in [-0.1, -0.05) is 32.3 Å². The van der Waals surface area contributed by atoms with Gasteiger partial charge in [-0.15, -0.1) is 0 Å². The first-order valence-electron chi connectivity index (χ1n) is 12.3. The highest BCUT2D eigenvalue weighted by atomic mass is 16.5. The summed E-state index contributed by atoms with van der Waals surface area (Å²) in [6, 6.07) is 0. The van der Waals surface area contributed by atoms with Crippen molar-refractivity contribution in [2.75, 3.05) is 7.11 Å². The Kier molecular flexibility index (Phi) is 8.39. The van der Waals surface area contributed by atoms with Crippen molar-refractivity contribution in [1.82, 2.24) is 0 Å². The Morgan fingerprint density at radius 3 is 2.63 bits per heavy atom. The number of hydrogen-bond acceptors (Lipinski definition) is 4. The lowest BCUT2D eigenvalue weighted by atomic mass is 9.46.